The number of benzene rings is 2. The first-order valence-corrected chi connectivity index (χ1v) is 9.48. The van der Waals surface area contributed by atoms with Crippen LogP contribution in [0.5, 0.6) is 0 Å². The molecule has 0 saturated heterocycles. The molecule has 1 amide bonds. The Morgan fingerprint density at radius 3 is 2.50 bits per heavy atom. The van der Waals surface area contributed by atoms with Gasteiger partial charge >= 0.3 is 5.97 Å². The zero-order valence-electron chi connectivity index (χ0n) is 16.6. The molecule has 0 bridgehead atoms. The summed E-state index contributed by atoms with van der Waals surface area (Å²) in [5, 5.41) is 15.6. The van der Waals surface area contributed by atoms with Gasteiger partial charge in [-0.25, -0.2) is 9.78 Å². The average Bonchev–Trinajstić information content (AvgIpc) is 2.79. The third-order valence-corrected chi connectivity index (χ3v) is 4.56. The molecule has 0 fully saturated rings. The lowest BCUT2D eigenvalue weighted by Crippen LogP contribution is -2.26. The highest BCUT2D eigenvalue weighted by molar-refractivity contribution is 5.99. The monoisotopic (exact) mass is 427 g/mol. The Morgan fingerprint density at radius 2 is 1.78 bits per heavy atom. The Hall–Kier alpha value is -4.79. The van der Waals surface area contributed by atoms with Crippen LogP contribution in [0, 0.1) is 0 Å². The third-order valence-electron chi connectivity index (χ3n) is 4.56. The minimum absolute atomic E-state index is 0.209. The van der Waals surface area contributed by atoms with Gasteiger partial charge in [0.05, 0.1) is 5.69 Å². The lowest BCUT2D eigenvalue weighted by atomic mass is 10.2. The number of pyridine rings is 1. The third kappa shape index (κ3) is 4.08. The topological polar surface area (TPSA) is 126 Å². The van der Waals surface area contributed by atoms with Crippen LogP contribution in [-0.4, -0.2) is 31.5 Å². The van der Waals surface area contributed by atoms with Crippen LogP contribution in [0.25, 0.3) is 16.7 Å². The van der Waals surface area contributed by atoms with Gasteiger partial charge in [-0.15, -0.1) is 0 Å². The molecule has 0 aliphatic carbocycles. The van der Waals surface area contributed by atoms with Crippen LogP contribution in [0.3, 0.4) is 0 Å². The van der Waals surface area contributed by atoms with Gasteiger partial charge in [0.1, 0.15) is 5.56 Å². The SMILES string of the molecule is C=CC(=O)Nc1cccc(-n2c(=O)c(C(=O)O)cc3cnc(Nc4ccccc4)nc32)c1. The molecule has 0 unspecified atom stereocenters. The fraction of sp³-hybridized carbons (Fsp3) is 0. The molecular formula is C23H17N5O4. The van der Waals surface area contributed by atoms with E-state index >= 15 is 0 Å². The quantitative estimate of drug-likeness (QED) is 0.403. The van der Waals surface area contributed by atoms with E-state index in [1.54, 1.807) is 24.3 Å². The molecule has 0 saturated carbocycles. The van der Waals surface area contributed by atoms with Crippen LogP contribution in [0.4, 0.5) is 17.3 Å². The Labute approximate surface area is 181 Å². The number of nitrogens with one attached hydrogen (secondary N) is 2. The smallest absolute Gasteiger partial charge is 0.341 e. The van der Waals surface area contributed by atoms with Crippen molar-refractivity contribution in [1.82, 2.24) is 14.5 Å². The van der Waals surface area contributed by atoms with E-state index in [4.69, 9.17) is 0 Å². The van der Waals surface area contributed by atoms with E-state index in [9.17, 15) is 19.5 Å². The molecule has 4 aromatic rings. The lowest BCUT2D eigenvalue weighted by molar-refractivity contribution is -0.111. The van der Waals surface area contributed by atoms with Crippen LogP contribution < -0.4 is 16.2 Å². The van der Waals surface area contributed by atoms with Gasteiger partial charge < -0.3 is 15.7 Å². The van der Waals surface area contributed by atoms with Crippen molar-refractivity contribution in [2.75, 3.05) is 10.6 Å². The van der Waals surface area contributed by atoms with Crippen molar-refractivity contribution in [2.45, 2.75) is 0 Å². The predicted molar refractivity (Wildman–Crippen MR) is 121 cm³/mol. The van der Waals surface area contributed by atoms with E-state index in [1.165, 1.54) is 16.8 Å². The molecule has 3 N–H and O–H groups in total. The molecule has 32 heavy (non-hydrogen) atoms. The molecule has 2 aromatic heterocycles. The number of fused-ring (bicyclic) bond motifs is 1. The summed E-state index contributed by atoms with van der Waals surface area (Å²) in [6, 6.07) is 16.9. The first kappa shape index (κ1) is 20.5. The zero-order valence-corrected chi connectivity index (χ0v) is 16.6. The zero-order chi connectivity index (χ0) is 22.7. The Kier molecular flexibility index (Phi) is 5.45. The number of aromatic carboxylic acids is 1. The Bertz CT molecular complexity index is 1410. The number of para-hydroxylation sites is 1. The van der Waals surface area contributed by atoms with Crippen molar-refractivity contribution < 1.29 is 14.7 Å². The number of carboxylic acids is 1. The van der Waals surface area contributed by atoms with Gasteiger partial charge in [-0.2, -0.15) is 4.98 Å². The number of carboxylic acid groups (broad SMARTS) is 1. The number of hydrogen-bond acceptors (Lipinski definition) is 6. The van der Waals surface area contributed by atoms with Gasteiger partial charge in [0.15, 0.2) is 5.65 Å². The molecule has 0 atom stereocenters. The molecule has 4 rings (SSSR count). The van der Waals surface area contributed by atoms with Crippen molar-refractivity contribution in [1.29, 1.82) is 0 Å². The van der Waals surface area contributed by atoms with E-state index in [2.05, 4.69) is 27.2 Å². The maximum Gasteiger partial charge on any atom is 0.341 e. The Balaban J connectivity index is 1.91. The van der Waals surface area contributed by atoms with Crippen LogP contribution in [0.2, 0.25) is 0 Å². The summed E-state index contributed by atoms with van der Waals surface area (Å²) < 4.78 is 1.18. The van der Waals surface area contributed by atoms with E-state index in [1.807, 2.05) is 30.3 Å². The van der Waals surface area contributed by atoms with Crippen molar-refractivity contribution >= 4 is 40.2 Å². The fourth-order valence-electron chi connectivity index (χ4n) is 3.12. The number of aromatic nitrogens is 3. The number of nitrogens with zero attached hydrogens (tertiary/aromatic N) is 3. The van der Waals surface area contributed by atoms with Crippen molar-refractivity contribution in [2.24, 2.45) is 0 Å². The highest BCUT2D eigenvalue weighted by Crippen LogP contribution is 2.21. The molecule has 2 aromatic carbocycles. The number of carbonyl (C=O) groups is 2. The summed E-state index contributed by atoms with van der Waals surface area (Å²) in [6.45, 7) is 3.41. The molecule has 2 heterocycles. The molecule has 9 nitrogen and oxygen atoms in total. The predicted octanol–water partition coefficient (Wildman–Crippen LogP) is 3.35. The summed E-state index contributed by atoms with van der Waals surface area (Å²) >= 11 is 0. The number of amides is 1. The first-order chi connectivity index (χ1) is 15.5. The van der Waals surface area contributed by atoms with Crippen molar-refractivity contribution in [3.63, 3.8) is 0 Å². The average molecular weight is 427 g/mol. The minimum atomic E-state index is -1.37. The molecule has 0 aliphatic heterocycles. The maximum atomic E-state index is 13.1. The van der Waals surface area contributed by atoms with Crippen molar-refractivity contribution in [3.05, 3.63) is 95.4 Å². The van der Waals surface area contributed by atoms with Gasteiger partial charge in [-0.1, -0.05) is 30.8 Å². The minimum Gasteiger partial charge on any atom is -0.477 e. The second-order valence-electron chi connectivity index (χ2n) is 6.71. The van der Waals surface area contributed by atoms with Crippen molar-refractivity contribution in [3.8, 4) is 5.69 Å². The van der Waals surface area contributed by atoms with Crippen LogP contribution in [0.15, 0.2) is 84.3 Å². The molecule has 0 radical (unpaired) electrons. The van der Waals surface area contributed by atoms with Crippen LogP contribution >= 0.6 is 0 Å². The van der Waals surface area contributed by atoms with Crippen LogP contribution in [-0.2, 0) is 4.79 Å². The van der Waals surface area contributed by atoms with Crippen LogP contribution in [0.1, 0.15) is 10.4 Å². The van der Waals surface area contributed by atoms with E-state index in [0.29, 0.717) is 16.8 Å². The molecular weight excluding hydrogens is 410 g/mol. The normalized spacial score (nSPS) is 10.5. The highest BCUT2D eigenvalue weighted by atomic mass is 16.4. The van der Waals surface area contributed by atoms with E-state index in [-0.39, 0.29) is 11.6 Å². The number of rotatable bonds is 6. The highest BCUT2D eigenvalue weighted by Gasteiger charge is 2.18. The first-order valence-electron chi connectivity index (χ1n) is 9.48. The summed E-state index contributed by atoms with van der Waals surface area (Å²) in [5.74, 6) is -1.56. The lowest BCUT2D eigenvalue weighted by Gasteiger charge is -2.13. The van der Waals surface area contributed by atoms with Gasteiger partial charge in [0, 0.05) is 23.0 Å². The molecule has 0 spiro atoms. The number of hydrogen-bond donors (Lipinski definition) is 3. The fourth-order valence-corrected chi connectivity index (χ4v) is 3.12. The van der Waals surface area contributed by atoms with Gasteiger partial charge in [-0.05, 0) is 42.5 Å². The van der Waals surface area contributed by atoms with E-state index < -0.39 is 23.0 Å². The van der Waals surface area contributed by atoms with Gasteiger partial charge in [0.2, 0.25) is 11.9 Å². The second kappa shape index (κ2) is 8.52. The number of anilines is 3. The second-order valence-corrected chi connectivity index (χ2v) is 6.71. The summed E-state index contributed by atoms with van der Waals surface area (Å²) in [6.07, 6.45) is 2.56. The maximum absolute atomic E-state index is 13.1. The molecule has 0 aliphatic rings. The largest absolute Gasteiger partial charge is 0.477 e. The Morgan fingerprint density at radius 1 is 1.03 bits per heavy atom. The molecule has 158 valence electrons. The van der Waals surface area contributed by atoms with Gasteiger partial charge in [-0.3, -0.25) is 14.2 Å². The van der Waals surface area contributed by atoms with E-state index in [0.717, 1.165) is 11.8 Å². The summed E-state index contributed by atoms with van der Waals surface area (Å²) in [4.78, 5) is 45.1. The molecule has 9 heteroatoms. The summed E-state index contributed by atoms with van der Waals surface area (Å²) in [7, 11) is 0. The van der Waals surface area contributed by atoms with Gasteiger partial charge in [0.25, 0.3) is 5.56 Å². The standard InChI is InChI=1S/C23H17N5O4/c1-2-19(29)25-16-9-6-10-17(12-16)28-20-14(11-18(21(28)30)22(31)32)13-24-23(27-20)26-15-7-4-3-5-8-15/h2-13H,1H2,(H,25,29)(H,31,32)(H,24,26,27). The number of carbonyl (C=O) groups excluding carboxylic acids is 1. The summed E-state index contributed by atoms with van der Waals surface area (Å²) in [5.41, 5.74) is 0.504.